The van der Waals surface area contributed by atoms with Gasteiger partial charge in [0, 0.05) is 23.9 Å². The van der Waals surface area contributed by atoms with E-state index in [0.717, 1.165) is 18.2 Å². The number of carboxylic acids is 1. The van der Waals surface area contributed by atoms with Crippen molar-refractivity contribution in [2.45, 2.75) is 6.92 Å². The highest BCUT2D eigenvalue weighted by Gasteiger charge is 2.04. The summed E-state index contributed by atoms with van der Waals surface area (Å²) in [7, 11) is 0. The van der Waals surface area contributed by atoms with Gasteiger partial charge in [0.1, 0.15) is 5.82 Å². The summed E-state index contributed by atoms with van der Waals surface area (Å²) >= 11 is 0. The van der Waals surface area contributed by atoms with E-state index in [1.165, 1.54) is 12.1 Å². The smallest absolute Gasteiger partial charge is 0.328 e. The first kappa shape index (κ1) is 13.7. The molecule has 0 unspecified atom stereocenters. The van der Waals surface area contributed by atoms with E-state index in [1.807, 2.05) is 0 Å². The monoisotopic (exact) mass is 252 g/mol. The summed E-state index contributed by atoms with van der Waals surface area (Å²) in [5.74, 6) is -1.76. The third kappa shape index (κ3) is 4.25. The molecule has 0 heterocycles. The normalized spacial score (nSPS) is 10.3. The molecule has 0 saturated heterocycles. The zero-order valence-electron chi connectivity index (χ0n) is 9.74. The van der Waals surface area contributed by atoms with Crippen LogP contribution in [0, 0.1) is 5.82 Å². The van der Waals surface area contributed by atoms with E-state index in [9.17, 15) is 14.0 Å². The third-order valence-corrected chi connectivity index (χ3v) is 2.00. The molecular weight excluding hydrogens is 239 g/mol. The summed E-state index contributed by atoms with van der Waals surface area (Å²) in [4.78, 5) is 21.5. The number of nitrogens with one attached hydrogen (secondary N) is 2. The quantitative estimate of drug-likeness (QED) is 0.718. The molecule has 5 nitrogen and oxygen atoms in total. The Morgan fingerprint density at radius 1 is 1.44 bits per heavy atom. The van der Waals surface area contributed by atoms with Crippen molar-refractivity contribution >= 4 is 23.8 Å². The van der Waals surface area contributed by atoms with Crippen LogP contribution in [-0.2, 0) is 4.79 Å². The van der Waals surface area contributed by atoms with Crippen molar-refractivity contribution in [3.8, 4) is 0 Å². The molecule has 3 N–H and O–H groups in total. The van der Waals surface area contributed by atoms with Crippen LogP contribution in [-0.4, -0.2) is 23.7 Å². The van der Waals surface area contributed by atoms with Gasteiger partial charge in [0.15, 0.2) is 0 Å². The van der Waals surface area contributed by atoms with Crippen molar-refractivity contribution in [1.82, 2.24) is 5.32 Å². The van der Waals surface area contributed by atoms with Gasteiger partial charge in [0.05, 0.1) is 0 Å². The zero-order valence-corrected chi connectivity index (χ0v) is 9.74. The lowest BCUT2D eigenvalue weighted by atomic mass is 10.2. The minimum atomic E-state index is -1.15. The Kier molecular flexibility index (Phi) is 4.86. The molecule has 0 aliphatic carbocycles. The van der Waals surface area contributed by atoms with Crippen LogP contribution in [0.3, 0.4) is 0 Å². The van der Waals surface area contributed by atoms with Gasteiger partial charge in [-0.2, -0.15) is 0 Å². The van der Waals surface area contributed by atoms with Crippen LogP contribution in [0.2, 0.25) is 0 Å². The third-order valence-electron chi connectivity index (χ3n) is 2.00. The Morgan fingerprint density at radius 3 is 2.72 bits per heavy atom. The average Bonchev–Trinajstić information content (AvgIpc) is 2.28. The number of halogens is 1. The SMILES string of the molecule is CCNC(=O)Nc1ccc(C=CC(=O)O)c(F)c1. The van der Waals surface area contributed by atoms with Gasteiger partial charge in [-0.1, -0.05) is 0 Å². The van der Waals surface area contributed by atoms with E-state index in [2.05, 4.69) is 10.6 Å². The van der Waals surface area contributed by atoms with E-state index in [0.29, 0.717) is 12.2 Å². The highest BCUT2D eigenvalue weighted by Crippen LogP contribution is 2.15. The Labute approximate surface area is 103 Å². The molecule has 1 aromatic rings. The number of rotatable bonds is 4. The number of amides is 2. The lowest BCUT2D eigenvalue weighted by Gasteiger charge is -2.06. The summed E-state index contributed by atoms with van der Waals surface area (Å²) in [6, 6.07) is 3.57. The molecule has 0 atom stereocenters. The Morgan fingerprint density at radius 2 is 2.17 bits per heavy atom. The fourth-order valence-electron chi connectivity index (χ4n) is 1.24. The van der Waals surface area contributed by atoms with Crippen LogP contribution in [0.4, 0.5) is 14.9 Å². The van der Waals surface area contributed by atoms with Gasteiger partial charge in [-0.15, -0.1) is 0 Å². The van der Waals surface area contributed by atoms with Crippen LogP contribution in [0.1, 0.15) is 12.5 Å². The second-order valence-electron chi connectivity index (χ2n) is 3.39. The second kappa shape index (κ2) is 6.39. The van der Waals surface area contributed by atoms with Gasteiger partial charge in [-0.3, -0.25) is 0 Å². The fraction of sp³-hybridized carbons (Fsp3) is 0.167. The maximum atomic E-state index is 13.5. The molecule has 0 aliphatic rings. The predicted molar refractivity (Wildman–Crippen MR) is 65.8 cm³/mol. The van der Waals surface area contributed by atoms with Crippen molar-refractivity contribution in [1.29, 1.82) is 0 Å². The molecule has 0 spiro atoms. The minimum Gasteiger partial charge on any atom is -0.478 e. The van der Waals surface area contributed by atoms with Crippen LogP contribution >= 0.6 is 0 Å². The van der Waals surface area contributed by atoms with E-state index in [-0.39, 0.29) is 5.56 Å². The molecule has 0 bridgehead atoms. The number of urea groups is 1. The Balaban J connectivity index is 2.79. The van der Waals surface area contributed by atoms with Crippen LogP contribution in [0.25, 0.3) is 6.08 Å². The number of benzene rings is 1. The van der Waals surface area contributed by atoms with Crippen molar-refractivity contribution in [2.24, 2.45) is 0 Å². The van der Waals surface area contributed by atoms with Crippen molar-refractivity contribution < 1.29 is 19.1 Å². The number of carboxylic acid groups (broad SMARTS) is 1. The van der Waals surface area contributed by atoms with Gasteiger partial charge in [-0.25, -0.2) is 14.0 Å². The van der Waals surface area contributed by atoms with Gasteiger partial charge in [-0.05, 0) is 31.2 Å². The first-order valence-electron chi connectivity index (χ1n) is 5.28. The highest BCUT2D eigenvalue weighted by molar-refractivity contribution is 5.89. The van der Waals surface area contributed by atoms with Gasteiger partial charge >= 0.3 is 12.0 Å². The molecule has 2 amide bonds. The van der Waals surface area contributed by atoms with E-state index < -0.39 is 17.8 Å². The Hall–Kier alpha value is -2.37. The first-order valence-corrected chi connectivity index (χ1v) is 5.28. The summed E-state index contributed by atoms with van der Waals surface area (Å²) in [6.45, 7) is 2.23. The number of anilines is 1. The van der Waals surface area contributed by atoms with Crippen LogP contribution < -0.4 is 10.6 Å². The lowest BCUT2D eigenvalue weighted by molar-refractivity contribution is -0.131. The summed E-state index contributed by atoms with van der Waals surface area (Å²) in [6.07, 6.45) is 1.99. The molecule has 96 valence electrons. The predicted octanol–water partition coefficient (Wildman–Crippen LogP) is 2.06. The van der Waals surface area contributed by atoms with E-state index in [4.69, 9.17) is 5.11 Å². The molecule has 0 radical (unpaired) electrons. The van der Waals surface area contributed by atoms with Crippen molar-refractivity contribution in [2.75, 3.05) is 11.9 Å². The summed E-state index contributed by atoms with van der Waals surface area (Å²) < 4.78 is 13.5. The molecule has 0 saturated carbocycles. The second-order valence-corrected chi connectivity index (χ2v) is 3.39. The first-order chi connectivity index (χ1) is 8.52. The number of carbonyl (C=O) groups excluding carboxylic acids is 1. The molecule has 1 aromatic carbocycles. The number of hydrogen-bond donors (Lipinski definition) is 3. The maximum absolute atomic E-state index is 13.5. The molecule has 0 aromatic heterocycles. The number of hydrogen-bond acceptors (Lipinski definition) is 2. The Bertz CT molecular complexity index is 486. The van der Waals surface area contributed by atoms with Crippen molar-refractivity contribution in [3.05, 3.63) is 35.7 Å². The lowest BCUT2D eigenvalue weighted by Crippen LogP contribution is -2.28. The average molecular weight is 252 g/mol. The van der Waals surface area contributed by atoms with E-state index in [1.54, 1.807) is 6.92 Å². The minimum absolute atomic E-state index is 0.138. The van der Waals surface area contributed by atoms with Crippen LogP contribution in [0.15, 0.2) is 24.3 Å². The number of aliphatic carboxylic acids is 1. The standard InChI is InChI=1S/C12H13FN2O3/c1-2-14-12(18)15-9-5-3-8(10(13)7-9)4-6-11(16)17/h3-7H,2H2,1H3,(H,16,17)(H2,14,15,18). The summed E-state index contributed by atoms with van der Waals surface area (Å²) in [5, 5.41) is 13.4. The number of carbonyl (C=O) groups is 2. The van der Waals surface area contributed by atoms with Gasteiger partial charge < -0.3 is 15.7 Å². The highest BCUT2D eigenvalue weighted by atomic mass is 19.1. The van der Waals surface area contributed by atoms with E-state index >= 15 is 0 Å². The molecule has 1 rings (SSSR count). The van der Waals surface area contributed by atoms with Gasteiger partial charge in [0.25, 0.3) is 0 Å². The molecular formula is C12H13FN2O3. The zero-order chi connectivity index (χ0) is 13.5. The molecule has 0 aliphatic heterocycles. The van der Waals surface area contributed by atoms with Crippen molar-refractivity contribution in [3.63, 3.8) is 0 Å². The topological polar surface area (TPSA) is 78.4 Å². The fourth-order valence-corrected chi connectivity index (χ4v) is 1.24. The molecule has 6 heteroatoms. The maximum Gasteiger partial charge on any atom is 0.328 e. The van der Waals surface area contributed by atoms with Gasteiger partial charge in [0.2, 0.25) is 0 Å². The molecule has 0 fully saturated rings. The largest absolute Gasteiger partial charge is 0.478 e. The summed E-state index contributed by atoms with van der Waals surface area (Å²) in [5.41, 5.74) is 0.435. The molecule has 18 heavy (non-hydrogen) atoms. The van der Waals surface area contributed by atoms with Crippen LogP contribution in [0.5, 0.6) is 0 Å².